The highest BCUT2D eigenvalue weighted by molar-refractivity contribution is 5.91. The van der Waals surface area contributed by atoms with Crippen LogP contribution in [-0.4, -0.2) is 26.7 Å². The summed E-state index contributed by atoms with van der Waals surface area (Å²) < 4.78 is 8.96. The van der Waals surface area contributed by atoms with E-state index in [2.05, 4.69) is 10.3 Å². The number of imidazole rings is 1. The Morgan fingerprint density at radius 3 is 2.65 bits per heavy atom. The molecule has 1 aliphatic rings. The molecular formula is C27H30N4O3. The van der Waals surface area contributed by atoms with Crippen LogP contribution in [0.25, 0.3) is 16.7 Å². The Bertz CT molecular complexity index is 1340. The summed E-state index contributed by atoms with van der Waals surface area (Å²) in [6, 6.07) is 17.4. The van der Waals surface area contributed by atoms with Crippen molar-refractivity contribution in [2.24, 2.45) is 5.92 Å². The average Bonchev–Trinajstić information content (AvgIpc) is 3.45. The van der Waals surface area contributed by atoms with Gasteiger partial charge in [-0.25, -0.2) is 9.59 Å². The van der Waals surface area contributed by atoms with Gasteiger partial charge in [0.2, 0.25) is 0 Å². The van der Waals surface area contributed by atoms with E-state index in [4.69, 9.17) is 4.74 Å². The molecule has 7 heteroatoms. The van der Waals surface area contributed by atoms with Gasteiger partial charge >= 0.3 is 11.7 Å². The lowest BCUT2D eigenvalue weighted by molar-refractivity contribution is 0.0517. The van der Waals surface area contributed by atoms with Crippen molar-refractivity contribution in [3.05, 3.63) is 77.0 Å². The van der Waals surface area contributed by atoms with Gasteiger partial charge < -0.3 is 19.6 Å². The predicted octanol–water partition coefficient (Wildman–Crippen LogP) is 5.62. The number of esters is 1. The number of ether oxygens (including phenoxy) is 1. The number of rotatable bonds is 7. The van der Waals surface area contributed by atoms with Crippen LogP contribution in [0.2, 0.25) is 0 Å². The van der Waals surface area contributed by atoms with Crippen molar-refractivity contribution in [3.8, 4) is 5.69 Å². The standard InChI is InChI=1S/C27H30N4O3/c1-2-34-26(32)23-14-9-15-30(23)24-17-25-22(16-21(24)28-20-12-7-4-8-13-20)29-27(33)31(25)18-19-10-5-3-6-11-19/h4,7-9,12-17,19,28H,2-3,5-6,10-11,18H2,1H3,(H,29,33). The molecule has 0 atom stereocenters. The number of aromatic nitrogens is 3. The zero-order valence-corrected chi connectivity index (χ0v) is 19.4. The number of nitrogens with zero attached hydrogens (tertiary/aromatic N) is 2. The van der Waals surface area contributed by atoms with E-state index < -0.39 is 0 Å². The number of anilines is 2. The molecule has 4 aromatic rings. The van der Waals surface area contributed by atoms with Crippen LogP contribution in [0.5, 0.6) is 0 Å². The van der Waals surface area contributed by atoms with E-state index in [1.54, 1.807) is 13.0 Å². The van der Waals surface area contributed by atoms with E-state index in [-0.39, 0.29) is 11.7 Å². The van der Waals surface area contributed by atoms with Gasteiger partial charge in [-0.3, -0.25) is 4.57 Å². The maximum Gasteiger partial charge on any atom is 0.355 e. The number of aromatic amines is 1. The van der Waals surface area contributed by atoms with Crippen LogP contribution in [0, 0.1) is 5.92 Å². The summed E-state index contributed by atoms with van der Waals surface area (Å²) >= 11 is 0. The molecule has 1 saturated carbocycles. The highest BCUT2D eigenvalue weighted by Crippen LogP contribution is 2.31. The zero-order valence-electron chi connectivity index (χ0n) is 19.4. The minimum Gasteiger partial charge on any atom is -0.461 e. The van der Waals surface area contributed by atoms with Crippen molar-refractivity contribution in [3.63, 3.8) is 0 Å². The quantitative estimate of drug-likeness (QED) is 0.352. The van der Waals surface area contributed by atoms with E-state index in [1.165, 1.54) is 19.3 Å². The number of para-hydroxylation sites is 1. The number of fused-ring (bicyclic) bond motifs is 1. The molecule has 5 rings (SSSR count). The van der Waals surface area contributed by atoms with Crippen molar-refractivity contribution in [1.82, 2.24) is 14.1 Å². The van der Waals surface area contributed by atoms with E-state index in [1.807, 2.05) is 63.9 Å². The fourth-order valence-electron chi connectivity index (χ4n) is 4.94. The van der Waals surface area contributed by atoms with Gasteiger partial charge in [0.25, 0.3) is 0 Å². The molecule has 0 aliphatic heterocycles. The number of H-pyrrole nitrogens is 1. The molecule has 7 nitrogen and oxygen atoms in total. The first-order valence-corrected chi connectivity index (χ1v) is 12.1. The number of hydrogen-bond donors (Lipinski definition) is 2. The summed E-state index contributed by atoms with van der Waals surface area (Å²) in [5, 5.41) is 3.46. The van der Waals surface area contributed by atoms with Crippen LogP contribution in [-0.2, 0) is 11.3 Å². The fourth-order valence-corrected chi connectivity index (χ4v) is 4.94. The topological polar surface area (TPSA) is 81.1 Å². The second-order valence-electron chi connectivity index (χ2n) is 8.91. The fraction of sp³-hybridized carbons (Fsp3) is 0.333. The molecule has 2 N–H and O–H groups in total. The molecule has 2 aromatic carbocycles. The Labute approximate surface area is 198 Å². The van der Waals surface area contributed by atoms with E-state index in [0.717, 1.165) is 40.9 Å². The molecule has 2 heterocycles. The molecule has 2 aromatic heterocycles. The monoisotopic (exact) mass is 458 g/mol. The van der Waals surface area contributed by atoms with Crippen LogP contribution in [0.1, 0.15) is 49.5 Å². The van der Waals surface area contributed by atoms with Gasteiger partial charge in [-0.1, -0.05) is 37.5 Å². The third-order valence-corrected chi connectivity index (χ3v) is 6.60. The van der Waals surface area contributed by atoms with Crippen LogP contribution < -0.4 is 11.0 Å². The van der Waals surface area contributed by atoms with Gasteiger partial charge in [-0.15, -0.1) is 0 Å². The molecule has 34 heavy (non-hydrogen) atoms. The second kappa shape index (κ2) is 9.63. The van der Waals surface area contributed by atoms with E-state index in [0.29, 0.717) is 24.8 Å². The molecule has 1 aliphatic carbocycles. The summed E-state index contributed by atoms with van der Waals surface area (Å²) in [5.41, 5.74) is 4.43. The van der Waals surface area contributed by atoms with Crippen molar-refractivity contribution in [1.29, 1.82) is 0 Å². The van der Waals surface area contributed by atoms with Crippen LogP contribution in [0.3, 0.4) is 0 Å². The van der Waals surface area contributed by atoms with Crippen LogP contribution in [0.4, 0.5) is 11.4 Å². The second-order valence-corrected chi connectivity index (χ2v) is 8.91. The largest absolute Gasteiger partial charge is 0.461 e. The first-order valence-electron chi connectivity index (χ1n) is 12.1. The smallest absolute Gasteiger partial charge is 0.355 e. The van der Waals surface area contributed by atoms with Crippen molar-refractivity contribution in [2.45, 2.75) is 45.6 Å². The first kappa shape index (κ1) is 22.1. The minimum atomic E-state index is -0.382. The predicted molar refractivity (Wildman–Crippen MR) is 134 cm³/mol. The van der Waals surface area contributed by atoms with E-state index in [9.17, 15) is 9.59 Å². The zero-order chi connectivity index (χ0) is 23.5. The van der Waals surface area contributed by atoms with Crippen molar-refractivity contribution < 1.29 is 9.53 Å². The van der Waals surface area contributed by atoms with Gasteiger partial charge in [0.1, 0.15) is 5.69 Å². The van der Waals surface area contributed by atoms with Crippen molar-refractivity contribution in [2.75, 3.05) is 11.9 Å². The highest BCUT2D eigenvalue weighted by Gasteiger charge is 2.20. The summed E-state index contributed by atoms with van der Waals surface area (Å²) in [6.07, 6.45) is 7.89. The van der Waals surface area contributed by atoms with Gasteiger partial charge in [-0.05, 0) is 62.1 Å². The summed E-state index contributed by atoms with van der Waals surface area (Å²) in [7, 11) is 0. The Morgan fingerprint density at radius 2 is 1.88 bits per heavy atom. The van der Waals surface area contributed by atoms with Crippen LogP contribution in [0.15, 0.2) is 65.6 Å². The van der Waals surface area contributed by atoms with E-state index >= 15 is 0 Å². The summed E-state index contributed by atoms with van der Waals surface area (Å²) in [5.74, 6) is 0.129. The third kappa shape index (κ3) is 4.38. The molecular weight excluding hydrogens is 428 g/mol. The average molecular weight is 459 g/mol. The normalized spacial score (nSPS) is 14.4. The van der Waals surface area contributed by atoms with Crippen molar-refractivity contribution >= 4 is 28.4 Å². The molecule has 1 fully saturated rings. The summed E-state index contributed by atoms with van der Waals surface area (Å²) in [4.78, 5) is 28.6. The lowest BCUT2D eigenvalue weighted by Crippen LogP contribution is -2.23. The number of carbonyl (C=O) groups excluding carboxylic acids is 1. The minimum absolute atomic E-state index is 0.0958. The molecule has 0 spiro atoms. The number of carbonyl (C=O) groups is 1. The Morgan fingerprint density at radius 1 is 1.09 bits per heavy atom. The van der Waals surface area contributed by atoms with Gasteiger partial charge in [0.15, 0.2) is 0 Å². The number of hydrogen-bond acceptors (Lipinski definition) is 4. The molecule has 0 saturated heterocycles. The molecule has 0 unspecified atom stereocenters. The highest BCUT2D eigenvalue weighted by atomic mass is 16.5. The number of benzene rings is 2. The Kier molecular flexibility index (Phi) is 6.25. The third-order valence-electron chi connectivity index (χ3n) is 6.60. The SMILES string of the molecule is CCOC(=O)c1cccn1-c1cc2c(cc1Nc1ccccc1)[nH]c(=O)n2CC1CCCCC1. The molecule has 176 valence electrons. The summed E-state index contributed by atoms with van der Waals surface area (Å²) in [6.45, 7) is 2.81. The molecule has 0 radical (unpaired) electrons. The lowest BCUT2D eigenvalue weighted by atomic mass is 9.89. The maximum atomic E-state index is 12.9. The Balaban J connectivity index is 1.64. The molecule has 0 bridgehead atoms. The van der Waals surface area contributed by atoms with Gasteiger partial charge in [0, 0.05) is 18.4 Å². The Hall–Kier alpha value is -3.74. The van der Waals surface area contributed by atoms with Crippen LogP contribution >= 0.6 is 0 Å². The van der Waals surface area contributed by atoms with Gasteiger partial charge in [0.05, 0.1) is 29.0 Å². The maximum absolute atomic E-state index is 12.9. The first-order chi connectivity index (χ1) is 16.6. The number of nitrogens with one attached hydrogen (secondary N) is 2. The molecule has 0 amide bonds. The lowest BCUT2D eigenvalue weighted by Gasteiger charge is -2.22. The van der Waals surface area contributed by atoms with Gasteiger partial charge in [-0.2, -0.15) is 0 Å².